The van der Waals surface area contributed by atoms with Gasteiger partial charge in [0.15, 0.2) is 5.82 Å². The van der Waals surface area contributed by atoms with Gasteiger partial charge in [-0.15, -0.1) is 0 Å². The Hall–Kier alpha value is -3.54. The predicted molar refractivity (Wildman–Crippen MR) is 109 cm³/mol. The molecule has 2 aromatic carbocycles. The van der Waals surface area contributed by atoms with Crippen LogP contribution in [0.25, 0.3) is 0 Å². The van der Waals surface area contributed by atoms with Crippen molar-refractivity contribution in [2.75, 3.05) is 36.7 Å². The van der Waals surface area contributed by atoms with Crippen LogP contribution in [0.3, 0.4) is 0 Å². The summed E-state index contributed by atoms with van der Waals surface area (Å²) in [6, 6.07) is 18.7. The number of rotatable bonds is 6. The van der Waals surface area contributed by atoms with Gasteiger partial charge in [-0.25, -0.2) is 4.98 Å². The standard InChI is InChI=1S/C21H22N4O2/c1-25(2)19-12-8-7-11-17(19)23-20-18(13-16(27-3)14-22-20)24-21(26)15-9-5-4-6-10-15/h4-14H,1-3H3,(H,22,23)(H,24,26). The second-order valence-electron chi connectivity index (χ2n) is 6.13. The first kappa shape index (κ1) is 18.3. The molecule has 3 aromatic rings. The van der Waals surface area contributed by atoms with E-state index in [1.807, 2.05) is 61.5 Å². The van der Waals surface area contributed by atoms with Gasteiger partial charge in [0.05, 0.1) is 30.4 Å². The van der Waals surface area contributed by atoms with E-state index in [9.17, 15) is 4.79 Å². The molecule has 6 heteroatoms. The zero-order valence-electron chi connectivity index (χ0n) is 15.6. The summed E-state index contributed by atoms with van der Waals surface area (Å²) >= 11 is 0. The molecular weight excluding hydrogens is 340 g/mol. The molecule has 0 saturated heterocycles. The number of amides is 1. The molecule has 1 amide bonds. The molecule has 0 aliphatic carbocycles. The third-order valence-corrected chi connectivity index (χ3v) is 4.02. The Labute approximate surface area is 158 Å². The summed E-state index contributed by atoms with van der Waals surface area (Å²) in [5, 5.41) is 6.22. The van der Waals surface area contributed by atoms with Gasteiger partial charge in [-0.05, 0) is 24.3 Å². The molecule has 138 valence electrons. The van der Waals surface area contributed by atoms with Gasteiger partial charge in [0.1, 0.15) is 5.75 Å². The first-order valence-electron chi connectivity index (χ1n) is 8.52. The highest BCUT2D eigenvalue weighted by Crippen LogP contribution is 2.31. The van der Waals surface area contributed by atoms with Crippen LogP contribution < -0.4 is 20.3 Å². The van der Waals surface area contributed by atoms with Crippen LogP contribution in [-0.4, -0.2) is 32.1 Å². The summed E-state index contributed by atoms with van der Waals surface area (Å²) in [4.78, 5) is 19.0. The van der Waals surface area contributed by atoms with Gasteiger partial charge in [0, 0.05) is 25.7 Å². The number of methoxy groups -OCH3 is 1. The number of hydrogen-bond acceptors (Lipinski definition) is 5. The van der Waals surface area contributed by atoms with E-state index < -0.39 is 0 Å². The topological polar surface area (TPSA) is 66.5 Å². The van der Waals surface area contributed by atoms with Gasteiger partial charge in [0.2, 0.25) is 0 Å². The zero-order valence-corrected chi connectivity index (χ0v) is 15.6. The van der Waals surface area contributed by atoms with Crippen LogP contribution >= 0.6 is 0 Å². The third kappa shape index (κ3) is 4.36. The van der Waals surface area contributed by atoms with Crippen molar-refractivity contribution >= 4 is 28.8 Å². The van der Waals surface area contributed by atoms with Gasteiger partial charge >= 0.3 is 0 Å². The Kier molecular flexibility index (Phi) is 5.56. The van der Waals surface area contributed by atoms with E-state index >= 15 is 0 Å². The SMILES string of the molecule is COc1cnc(Nc2ccccc2N(C)C)c(NC(=O)c2ccccc2)c1. The van der Waals surface area contributed by atoms with E-state index in [1.54, 1.807) is 31.5 Å². The fourth-order valence-electron chi connectivity index (χ4n) is 2.63. The fourth-order valence-corrected chi connectivity index (χ4v) is 2.63. The van der Waals surface area contributed by atoms with E-state index in [2.05, 4.69) is 15.6 Å². The van der Waals surface area contributed by atoms with Crippen molar-refractivity contribution < 1.29 is 9.53 Å². The minimum absolute atomic E-state index is 0.213. The van der Waals surface area contributed by atoms with Crippen LogP contribution in [0, 0.1) is 0 Å². The predicted octanol–water partition coefficient (Wildman–Crippen LogP) is 4.15. The Morgan fingerprint density at radius 1 is 1.00 bits per heavy atom. The lowest BCUT2D eigenvalue weighted by Gasteiger charge is -2.19. The molecule has 1 heterocycles. The summed E-state index contributed by atoms with van der Waals surface area (Å²) in [6.07, 6.45) is 1.61. The van der Waals surface area contributed by atoms with Gasteiger partial charge < -0.3 is 20.3 Å². The quantitative estimate of drug-likeness (QED) is 0.689. The minimum Gasteiger partial charge on any atom is -0.495 e. The monoisotopic (exact) mass is 362 g/mol. The maximum Gasteiger partial charge on any atom is 0.255 e. The molecule has 0 unspecified atom stereocenters. The highest BCUT2D eigenvalue weighted by Gasteiger charge is 2.13. The molecule has 0 bridgehead atoms. The number of aromatic nitrogens is 1. The minimum atomic E-state index is -0.213. The Balaban J connectivity index is 1.93. The Morgan fingerprint density at radius 3 is 2.41 bits per heavy atom. The molecule has 0 aliphatic heterocycles. The number of ether oxygens (including phenoxy) is 1. The van der Waals surface area contributed by atoms with E-state index in [1.165, 1.54) is 0 Å². The van der Waals surface area contributed by atoms with Crippen molar-refractivity contribution in [1.29, 1.82) is 0 Å². The first-order valence-corrected chi connectivity index (χ1v) is 8.52. The number of carbonyl (C=O) groups is 1. The second kappa shape index (κ2) is 8.23. The highest BCUT2D eigenvalue weighted by molar-refractivity contribution is 6.06. The van der Waals surface area contributed by atoms with E-state index in [-0.39, 0.29) is 5.91 Å². The molecule has 1 aromatic heterocycles. The number of anilines is 4. The van der Waals surface area contributed by atoms with E-state index in [0.29, 0.717) is 22.8 Å². The van der Waals surface area contributed by atoms with Crippen LogP contribution in [-0.2, 0) is 0 Å². The average Bonchev–Trinajstić information content (AvgIpc) is 2.70. The molecule has 2 N–H and O–H groups in total. The summed E-state index contributed by atoms with van der Waals surface area (Å²) in [5.74, 6) is 0.883. The lowest BCUT2D eigenvalue weighted by Crippen LogP contribution is -2.15. The molecule has 6 nitrogen and oxygen atoms in total. The number of nitrogens with one attached hydrogen (secondary N) is 2. The van der Waals surface area contributed by atoms with Gasteiger partial charge in [-0.1, -0.05) is 30.3 Å². The van der Waals surface area contributed by atoms with Crippen LogP contribution in [0.1, 0.15) is 10.4 Å². The van der Waals surface area contributed by atoms with E-state index in [0.717, 1.165) is 11.4 Å². The van der Waals surface area contributed by atoms with E-state index in [4.69, 9.17) is 4.74 Å². The maximum atomic E-state index is 12.6. The van der Waals surface area contributed by atoms with Crippen molar-refractivity contribution in [3.05, 3.63) is 72.4 Å². The fraction of sp³-hybridized carbons (Fsp3) is 0.143. The number of hydrogen-bond donors (Lipinski definition) is 2. The lowest BCUT2D eigenvalue weighted by molar-refractivity contribution is 0.102. The Bertz CT molecular complexity index is 926. The third-order valence-electron chi connectivity index (χ3n) is 4.02. The van der Waals surface area contributed by atoms with Crippen molar-refractivity contribution in [2.24, 2.45) is 0 Å². The smallest absolute Gasteiger partial charge is 0.255 e. The number of nitrogens with zero attached hydrogens (tertiary/aromatic N) is 2. The maximum absolute atomic E-state index is 12.6. The largest absolute Gasteiger partial charge is 0.495 e. The van der Waals surface area contributed by atoms with Crippen molar-refractivity contribution in [3.63, 3.8) is 0 Å². The van der Waals surface area contributed by atoms with Crippen LogP contribution in [0.2, 0.25) is 0 Å². The lowest BCUT2D eigenvalue weighted by atomic mass is 10.2. The summed E-state index contributed by atoms with van der Waals surface area (Å²) < 4.78 is 5.26. The van der Waals surface area contributed by atoms with Crippen molar-refractivity contribution in [3.8, 4) is 5.75 Å². The zero-order chi connectivity index (χ0) is 19.2. The average molecular weight is 362 g/mol. The molecule has 0 aliphatic rings. The van der Waals surface area contributed by atoms with Gasteiger partial charge in [-0.3, -0.25) is 4.79 Å². The summed E-state index contributed by atoms with van der Waals surface area (Å²) in [7, 11) is 5.51. The highest BCUT2D eigenvalue weighted by atomic mass is 16.5. The van der Waals surface area contributed by atoms with Crippen molar-refractivity contribution in [2.45, 2.75) is 0 Å². The van der Waals surface area contributed by atoms with Crippen LogP contribution in [0.4, 0.5) is 22.9 Å². The first-order chi connectivity index (χ1) is 13.1. The molecule has 0 fully saturated rings. The molecule has 0 atom stereocenters. The van der Waals surface area contributed by atoms with Crippen molar-refractivity contribution in [1.82, 2.24) is 4.98 Å². The van der Waals surface area contributed by atoms with Gasteiger partial charge in [0.25, 0.3) is 5.91 Å². The normalized spacial score (nSPS) is 10.2. The van der Waals surface area contributed by atoms with Gasteiger partial charge in [-0.2, -0.15) is 0 Å². The van der Waals surface area contributed by atoms with Crippen LogP contribution in [0.5, 0.6) is 5.75 Å². The molecule has 3 rings (SSSR count). The number of benzene rings is 2. The number of carbonyl (C=O) groups excluding carboxylic acids is 1. The summed E-state index contributed by atoms with van der Waals surface area (Å²) in [6.45, 7) is 0. The molecular formula is C21H22N4O2. The van der Waals surface area contributed by atoms with Crippen LogP contribution in [0.15, 0.2) is 66.9 Å². The molecule has 0 saturated carbocycles. The molecule has 0 radical (unpaired) electrons. The molecule has 0 spiro atoms. The summed E-state index contributed by atoms with van der Waals surface area (Å²) in [5.41, 5.74) is 3.00. The molecule has 27 heavy (non-hydrogen) atoms. The Morgan fingerprint density at radius 2 is 1.70 bits per heavy atom. The second-order valence-corrected chi connectivity index (χ2v) is 6.13. The number of para-hydroxylation sites is 2. The number of pyridine rings is 1.